The molecule has 2 saturated heterocycles. The third-order valence-corrected chi connectivity index (χ3v) is 2.58. The third-order valence-electron chi connectivity index (χ3n) is 2.58. The van der Waals surface area contributed by atoms with Gasteiger partial charge >= 0.3 is 0 Å². The van der Waals surface area contributed by atoms with E-state index < -0.39 is 6.10 Å². The second-order valence-corrected chi connectivity index (χ2v) is 4.37. The van der Waals surface area contributed by atoms with E-state index in [1.807, 2.05) is 0 Å². The molecule has 0 unspecified atom stereocenters. The minimum absolute atomic E-state index is 0.365. The molecule has 5 heteroatoms. The van der Waals surface area contributed by atoms with Gasteiger partial charge in [-0.15, -0.1) is 0 Å². The maximum Gasteiger partial charge on any atom is 0.100 e. The monoisotopic (exact) mass is 264 g/mol. The summed E-state index contributed by atoms with van der Waals surface area (Å²) in [5, 5.41) is 24.0. The first kappa shape index (κ1) is 17.8. The van der Waals surface area contributed by atoms with Crippen molar-refractivity contribution >= 4 is 0 Å². The molecular formula is C13H28O5. The van der Waals surface area contributed by atoms with Gasteiger partial charge in [0.15, 0.2) is 0 Å². The molecule has 0 radical (unpaired) electrons. The van der Waals surface area contributed by atoms with E-state index in [9.17, 15) is 0 Å². The smallest absolute Gasteiger partial charge is 0.100 e. The highest BCUT2D eigenvalue weighted by molar-refractivity contribution is 4.46. The SMILES string of the molecule is C1CCOCC1.C1CCOCC1.OCC(O)CO. The normalized spacial score (nSPS) is 19.3. The highest BCUT2D eigenvalue weighted by atomic mass is 16.5. The fraction of sp³-hybridized carbons (Fsp3) is 1.00. The van der Waals surface area contributed by atoms with Crippen LogP contribution in [0.15, 0.2) is 0 Å². The van der Waals surface area contributed by atoms with Crippen molar-refractivity contribution in [2.24, 2.45) is 0 Å². The van der Waals surface area contributed by atoms with Crippen molar-refractivity contribution in [3.8, 4) is 0 Å². The van der Waals surface area contributed by atoms with Crippen molar-refractivity contribution in [1.29, 1.82) is 0 Å². The van der Waals surface area contributed by atoms with E-state index in [1.165, 1.54) is 38.5 Å². The molecule has 0 atom stereocenters. The molecule has 18 heavy (non-hydrogen) atoms. The summed E-state index contributed by atoms with van der Waals surface area (Å²) in [6.07, 6.45) is 6.91. The molecule has 2 heterocycles. The zero-order valence-corrected chi connectivity index (χ0v) is 11.2. The number of hydrogen-bond donors (Lipinski definition) is 3. The molecule has 110 valence electrons. The van der Waals surface area contributed by atoms with Gasteiger partial charge in [-0.05, 0) is 38.5 Å². The Bertz CT molecular complexity index is 107. The summed E-state index contributed by atoms with van der Waals surface area (Å²) in [6, 6.07) is 0. The van der Waals surface area contributed by atoms with Crippen molar-refractivity contribution in [2.75, 3.05) is 39.6 Å². The fourth-order valence-corrected chi connectivity index (χ4v) is 1.43. The Morgan fingerprint density at radius 2 is 1.00 bits per heavy atom. The quantitative estimate of drug-likeness (QED) is 0.684. The highest BCUT2D eigenvalue weighted by Crippen LogP contribution is 2.02. The molecule has 5 nitrogen and oxygen atoms in total. The van der Waals surface area contributed by atoms with Gasteiger partial charge in [-0.3, -0.25) is 0 Å². The maximum absolute atomic E-state index is 8.17. The van der Waals surface area contributed by atoms with Crippen molar-refractivity contribution in [1.82, 2.24) is 0 Å². The van der Waals surface area contributed by atoms with Gasteiger partial charge in [0, 0.05) is 26.4 Å². The largest absolute Gasteiger partial charge is 0.394 e. The molecule has 0 amide bonds. The minimum Gasteiger partial charge on any atom is -0.394 e. The summed E-state index contributed by atoms with van der Waals surface area (Å²) >= 11 is 0. The summed E-state index contributed by atoms with van der Waals surface area (Å²) in [5.74, 6) is 0. The number of hydrogen-bond acceptors (Lipinski definition) is 5. The molecule has 0 aliphatic carbocycles. The Balaban J connectivity index is 0.000000241. The lowest BCUT2D eigenvalue weighted by molar-refractivity contribution is 0.0450. The number of ether oxygens (including phenoxy) is 2. The summed E-state index contributed by atoms with van der Waals surface area (Å²) in [7, 11) is 0. The molecule has 0 aromatic heterocycles. The predicted octanol–water partition coefficient (Wildman–Crippen LogP) is 0.706. The summed E-state index contributed by atoms with van der Waals surface area (Å²) in [6.45, 7) is 3.27. The Labute approximate surface area is 110 Å². The fourth-order valence-electron chi connectivity index (χ4n) is 1.43. The number of aliphatic hydroxyl groups excluding tert-OH is 3. The molecule has 0 aromatic rings. The topological polar surface area (TPSA) is 79.2 Å². The first-order valence-electron chi connectivity index (χ1n) is 6.86. The molecule has 2 aliphatic rings. The van der Waals surface area contributed by atoms with Crippen LogP contribution >= 0.6 is 0 Å². The van der Waals surface area contributed by atoms with E-state index in [1.54, 1.807) is 0 Å². The van der Waals surface area contributed by atoms with Crippen LogP contribution in [-0.4, -0.2) is 61.1 Å². The first-order valence-corrected chi connectivity index (χ1v) is 6.86. The van der Waals surface area contributed by atoms with Crippen molar-refractivity contribution in [3.05, 3.63) is 0 Å². The average molecular weight is 264 g/mol. The van der Waals surface area contributed by atoms with Crippen LogP contribution in [0.4, 0.5) is 0 Å². The average Bonchev–Trinajstić information content (AvgIpc) is 2.51. The van der Waals surface area contributed by atoms with E-state index in [0.717, 1.165) is 26.4 Å². The molecule has 0 spiro atoms. The summed E-state index contributed by atoms with van der Waals surface area (Å²) in [4.78, 5) is 0. The van der Waals surface area contributed by atoms with Crippen LogP contribution in [0, 0.1) is 0 Å². The molecule has 3 N–H and O–H groups in total. The van der Waals surface area contributed by atoms with Crippen LogP contribution in [0.2, 0.25) is 0 Å². The highest BCUT2D eigenvalue weighted by Gasteiger charge is 1.95. The van der Waals surface area contributed by atoms with Crippen molar-refractivity contribution < 1.29 is 24.8 Å². The van der Waals surface area contributed by atoms with Crippen LogP contribution in [0.3, 0.4) is 0 Å². The number of aliphatic hydroxyl groups is 3. The van der Waals surface area contributed by atoms with Gasteiger partial charge in [0.25, 0.3) is 0 Å². The van der Waals surface area contributed by atoms with Gasteiger partial charge in [-0.1, -0.05) is 0 Å². The van der Waals surface area contributed by atoms with Gasteiger partial charge in [0.05, 0.1) is 13.2 Å². The molecular weight excluding hydrogens is 236 g/mol. The Hall–Kier alpha value is -0.200. The third kappa shape index (κ3) is 13.9. The van der Waals surface area contributed by atoms with Crippen LogP contribution < -0.4 is 0 Å². The van der Waals surface area contributed by atoms with E-state index in [4.69, 9.17) is 24.8 Å². The molecule has 0 bridgehead atoms. The van der Waals surface area contributed by atoms with Crippen molar-refractivity contribution in [3.63, 3.8) is 0 Å². The summed E-state index contributed by atoms with van der Waals surface area (Å²) in [5.41, 5.74) is 0. The lowest BCUT2D eigenvalue weighted by atomic mass is 10.2. The van der Waals surface area contributed by atoms with E-state index >= 15 is 0 Å². The zero-order chi connectivity index (χ0) is 13.5. The second kappa shape index (κ2) is 14.9. The van der Waals surface area contributed by atoms with E-state index in [0.29, 0.717) is 0 Å². The lowest BCUT2D eigenvalue weighted by Crippen LogP contribution is -2.15. The summed E-state index contributed by atoms with van der Waals surface area (Å²) < 4.78 is 10.1. The van der Waals surface area contributed by atoms with Gasteiger partial charge in [0.2, 0.25) is 0 Å². The molecule has 2 aliphatic heterocycles. The molecule has 2 rings (SSSR count). The van der Waals surface area contributed by atoms with Crippen LogP contribution in [0.25, 0.3) is 0 Å². The van der Waals surface area contributed by atoms with Crippen LogP contribution in [-0.2, 0) is 9.47 Å². The molecule has 0 aromatic carbocycles. The number of rotatable bonds is 2. The van der Waals surface area contributed by atoms with Crippen LogP contribution in [0.5, 0.6) is 0 Å². The Kier molecular flexibility index (Phi) is 14.7. The zero-order valence-electron chi connectivity index (χ0n) is 11.2. The van der Waals surface area contributed by atoms with Gasteiger partial charge in [-0.2, -0.15) is 0 Å². The standard InChI is InChI=1S/2C5H10O.C3H8O3/c2*1-2-4-6-5-3-1;4-1-3(6)2-5/h2*1-5H2;3-6H,1-2H2. The van der Waals surface area contributed by atoms with Crippen LogP contribution in [0.1, 0.15) is 38.5 Å². The molecule has 0 saturated carbocycles. The Morgan fingerprint density at radius 1 is 0.667 bits per heavy atom. The van der Waals surface area contributed by atoms with Gasteiger partial charge in [-0.25, -0.2) is 0 Å². The molecule has 2 fully saturated rings. The Morgan fingerprint density at radius 3 is 1.06 bits per heavy atom. The first-order chi connectivity index (χ1) is 8.81. The minimum atomic E-state index is -0.954. The van der Waals surface area contributed by atoms with E-state index in [-0.39, 0.29) is 13.2 Å². The predicted molar refractivity (Wildman–Crippen MR) is 69.5 cm³/mol. The van der Waals surface area contributed by atoms with E-state index in [2.05, 4.69) is 0 Å². The second-order valence-electron chi connectivity index (χ2n) is 4.37. The van der Waals surface area contributed by atoms with Crippen molar-refractivity contribution in [2.45, 2.75) is 44.6 Å². The lowest BCUT2D eigenvalue weighted by Gasteiger charge is -2.08. The van der Waals surface area contributed by atoms with Gasteiger partial charge in [0.1, 0.15) is 6.10 Å². The van der Waals surface area contributed by atoms with Gasteiger partial charge < -0.3 is 24.8 Å². The maximum atomic E-state index is 8.17.